The predicted octanol–water partition coefficient (Wildman–Crippen LogP) is 4.59. The van der Waals surface area contributed by atoms with Crippen LogP contribution in [-0.4, -0.2) is 46.8 Å². The molecule has 0 aromatic heterocycles. The summed E-state index contributed by atoms with van der Waals surface area (Å²) in [6, 6.07) is 3.14. The van der Waals surface area contributed by atoms with Crippen molar-refractivity contribution in [2.24, 2.45) is 0 Å². The lowest BCUT2D eigenvalue weighted by Crippen LogP contribution is -2.16. The zero-order chi connectivity index (χ0) is 27.9. The van der Waals surface area contributed by atoms with Crippen LogP contribution >= 0.6 is 0 Å². The van der Waals surface area contributed by atoms with E-state index in [0.29, 0.717) is 11.1 Å². The van der Waals surface area contributed by atoms with E-state index in [-0.39, 0.29) is 47.7 Å². The molecule has 0 aliphatic rings. The summed E-state index contributed by atoms with van der Waals surface area (Å²) in [7, 11) is -4.14. The molecule has 0 bridgehead atoms. The number of hydrogen-bond acceptors (Lipinski definition) is 8. The maximum absolute atomic E-state index is 14.1. The second-order valence-corrected chi connectivity index (χ2v) is 10.4. The van der Waals surface area contributed by atoms with Gasteiger partial charge in [0.1, 0.15) is 47.7 Å². The summed E-state index contributed by atoms with van der Waals surface area (Å²) in [6.45, 7) is 17.4. The van der Waals surface area contributed by atoms with Crippen LogP contribution in [0.5, 0.6) is 11.5 Å². The van der Waals surface area contributed by atoms with Gasteiger partial charge in [-0.15, -0.1) is 0 Å². The molecule has 9 heteroatoms. The summed E-state index contributed by atoms with van der Waals surface area (Å²) in [4.78, 5) is 22.7. The Kier molecular flexibility index (Phi) is 10.1. The van der Waals surface area contributed by atoms with E-state index < -0.39 is 21.8 Å². The average Bonchev–Trinajstić information content (AvgIpc) is 2.87. The zero-order valence-electron chi connectivity index (χ0n) is 22.2. The highest BCUT2D eigenvalue weighted by Crippen LogP contribution is 2.41. The second-order valence-electron chi connectivity index (χ2n) is 8.49. The van der Waals surface area contributed by atoms with Gasteiger partial charge in [-0.25, -0.2) is 18.0 Å². The second kappa shape index (κ2) is 12.6. The smallest absolute Gasteiger partial charge is 0.330 e. The summed E-state index contributed by atoms with van der Waals surface area (Å²) >= 11 is 0. The normalized spacial score (nSPS) is 11.0. The number of aryl methyl sites for hydroxylation is 2. The van der Waals surface area contributed by atoms with E-state index in [1.54, 1.807) is 26.0 Å². The molecule has 0 radical (unpaired) electrons. The quantitative estimate of drug-likeness (QED) is 0.223. The molecule has 8 nitrogen and oxygen atoms in total. The number of esters is 2. The molecule has 0 unspecified atom stereocenters. The number of benzene rings is 2. The van der Waals surface area contributed by atoms with E-state index in [4.69, 9.17) is 18.9 Å². The van der Waals surface area contributed by atoms with Crippen LogP contribution in [-0.2, 0) is 28.9 Å². The highest BCUT2D eigenvalue weighted by molar-refractivity contribution is 7.91. The maximum Gasteiger partial charge on any atom is 0.330 e. The van der Waals surface area contributed by atoms with Crippen LogP contribution in [0.25, 0.3) is 0 Å². The zero-order valence-corrected chi connectivity index (χ0v) is 23.0. The lowest BCUT2D eigenvalue weighted by Gasteiger charge is -2.21. The molecule has 0 atom stereocenters. The van der Waals surface area contributed by atoms with Gasteiger partial charge in [0.15, 0.2) is 0 Å². The first-order valence-corrected chi connectivity index (χ1v) is 13.2. The molecule has 0 heterocycles. The molecule has 0 N–H and O–H groups in total. The molecule has 0 saturated carbocycles. The molecule has 0 amide bonds. The van der Waals surface area contributed by atoms with E-state index >= 15 is 0 Å². The lowest BCUT2D eigenvalue weighted by molar-refractivity contribution is -0.139. The fraction of sp³-hybridized carbons (Fsp3) is 0.357. The minimum atomic E-state index is -4.14. The molecule has 200 valence electrons. The van der Waals surface area contributed by atoms with Crippen LogP contribution in [0, 0.1) is 41.5 Å². The Labute approximate surface area is 218 Å². The van der Waals surface area contributed by atoms with Crippen molar-refractivity contribution < 1.29 is 37.0 Å². The van der Waals surface area contributed by atoms with Crippen molar-refractivity contribution in [3.63, 3.8) is 0 Å². The fourth-order valence-electron chi connectivity index (χ4n) is 3.61. The van der Waals surface area contributed by atoms with Crippen LogP contribution < -0.4 is 9.47 Å². The van der Waals surface area contributed by atoms with Gasteiger partial charge in [-0.1, -0.05) is 13.2 Å². The van der Waals surface area contributed by atoms with Crippen LogP contribution in [0.1, 0.15) is 33.4 Å². The fourth-order valence-corrected chi connectivity index (χ4v) is 5.42. The van der Waals surface area contributed by atoms with Gasteiger partial charge in [-0.3, -0.25) is 0 Å². The van der Waals surface area contributed by atoms with Crippen molar-refractivity contribution in [2.75, 3.05) is 26.4 Å². The molecule has 37 heavy (non-hydrogen) atoms. The molecule has 0 aliphatic carbocycles. The highest BCUT2D eigenvalue weighted by Gasteiger charge is 2.30. The van der Waals surface area contributed by atoms with Gasteiger partial charge >= 0.3 is 11.9 Å². The Hall–Kier alpha value is -3.59. The van der Waals surface area contributed by atoms with Gasteiger partial charge in [-0.2, -0.15) is 0 Å². The van der Waals surface area contributed by atoms with Crippen molar-refractivity contribution in [1.29, 1.82) is 0 Å². The SMILES string of the molecule is C=CC(=O)OCCOc1c(S(=O)(=O)c2cc(C)c(C)c(C)c2OCCOC(=O)C=C)cc(C)c(C)c1C. The summed E-state index contributed by atoms with van der Waals surface area (Å²) in [5.74, 6) is -0.835. The third-order valence-corrected chi connectivity index (χ3v) is 7.96. The van der Waals surface area contributed by atoms with Crippen LogP contribution in [0.2, 0.25) is 0 Å². The van der Waals surface area contributed by atoms with Crippen LogP contribution in [0.4, 0.5) is 0 Å². The molecule has 0 aliphatic heterocycles. The molecular formula is C28H34O8S. The number of ether oxygens (including phenoxy) is 4. The van der Waals surface area contributed by atoms with Crippen LogP contribution in [0.15, 0.2) is 47.2 Å². The highest BCUT2D eigenvalue weighted by atomic mass is 32.2. The van der Waals surface area contributed by atoms with Crippen molar-refractivity contribution >= 4 is 21.8 Å². The Bertz CT molecular complexity index is 1230. The largest absolute Gasteiger partial charge is 0.488 e. The Balaban J connectivity index is 2.57. The molecule has 0 fully saturated rings. The first-order valence-electron chi connectivity index (χ1n) is 11.7. The van der Waals surface area contributed by atoms with Gasteiger partial charge in [0.2, 0.25) is 9.84 Å². The topological polar surface area (TPSA) is 105 Å². The molecule has 2 rings (SSSR count). The predicted molar refractivity (Wildman–Crippen MR) is 140 cm³/mol. The van der Waals surface area contributed by atoms with Gasteiger partial charge in [0.25, 0.3) is 0 Å². The summed E-state index contributed by atoms with van der Waals surface area (Å²) in [6.07, 6.45) is 2.08. The molecule has 0 saturated heterocycles. The summed E-state index contributed by atoms with van der Waals surface area (Å²) in [5.41, 5.74) is 4.64. The minimum absolute atomic E-state index is 0.0197. The summed E-state index contributed by atoms with van der Waals surface area (Å²) in [5, 5.41) is 0. The Morgan fingerprint density at radius 1 is 0.676 bits per heavy atom. The Morgan fingerprint density at radius 3 is 1.35 bits per heavy atom. The number of carbonyl (C=O) groups excluding carboxylic acids is 2. The van der Waals surface area contributed by atoms with E-state index in [9.17, 15) is 18.0 Å². The standard InChI is InChI=1S/C28H34O8S/c1-9-25(29)33-11-13-35-27-21(7)19(5)17(3)15-23(27)37(31,32)24-16-18(4)20(6)22(8)28(24)36-14-12-34-26(30)10-2/h9-10,15-16H,1-2,11-14H2,3-8H3. The first kappa shape index (κ1) is 29.6. The van der Waals surface area contributed by atoms with Gasteiger partial charge in [0, 0.05) is 12.2 Å². The molecule has 2 aromatic carbocycles. The van der Waals surface area contributed by atoms with Gasteiger partial charge in [-0.05, 0) is 87.1 Å². The number of carbonyl (C=O) groups is 2. The molecule has 2 aromatic rings. The molecular weight excluding hydrogens is 496 g/mol. The van der Waals surface area contributed by atoms with Crippen molar-refractivity contribution in [3.8, 4) is 11.5 Å². The summed E-state index contributed by atoms with van der Waals surface area (Å²) < 4.78 is 49.9. The third kappa shape index (κ3) is 6.80. The van der Waals surface area contributed by atoms with Crippen molar-refractivity contribution in [2.45, 2.75) is 51.3 Å². The van der Waals surface area contributed by atoms with E-state index in [0.717, 1.165) is 34.4 Å². The van der Waals surface area contributed by atoms with Crippen molar-refractivity contribution in [1.82, 2.24) is 0 Å². The number of hydrogen-bond donors (Lipinski definition) is 0. The number of sulfone groups is 1. The van der Waals surface area contributed by atoms with Crippen molar-refractivity contribution in [3.05, 3.63) is 70.8 Å². The molecule has 0 spiro atoms. The lowest BCUT2D eigenvalue weighted by atomic mass is 10.0. The maximum atomic E-state index is 14.1. The van der Waals surface area contributed by atoms with E-state index in [1.165, 1.54) is 0 Å². The number of rotatable bonds is 12. The third-order valence-electron chi connectivity index (χ3n) is 6.19. The van der Waals surface area contributed by atoms with Crippen LogP contribution in [0.3, 0.4) is 0 Å². The van der Waals surface area contributed by atoms with Gasteiger partial charge < -0.3 is 18.9 Å². The first-order chi connectivity index (χ1) is 17.4. The van der Waals surface area contributed by atoms with Gasteiger partial charge in [0.05, 0.1) is 0 Å². The van der Waals surface area contributed by atoms with E-state index in [2.05, 4.69) is 13.2 Å². The minimum Gasteiger partial charge on any atom is -0.488 e. The van der Waals surface area contributed by atoms with E-state index in [1.807, 2.05) is 27.7 Å². The average molecular weight is 531 g/mol. The Morgan fingerprint density at radius 2 is 1.03 bits per heavy atom. The monoisotopic (exact) mass is 530 g/mol.